The van der Waals surface area contributed by atoms with Crippen LogP contribution in [-0.4, -0.2) is 60.1 Å². The molecule has 9 nitrogen and oxygen atoms in total. The third-order valence-electron chi connectivity index (χ3n) is 6.00. The van der Waals surface area contributed by atoms with Crippen molar-refractivity contribution in [3.8, 4) is 0 Å². The van der Waals surface area contributed by atoms with E-state index in [-0.39, 0.29) is 24.4 Å². The number of urea groups is 1. The van der Waals surface area contributed by atoms with Crippen molar-refractivity contribution in [1.82, 2.24) is 10.6 Å². The summed E-state index contributed by atoms with van der Waals surface area (Å²) in [6.45, 7) is 0.281. The molecule has 0 radical (unpaired) electrons. The number of nitrogens with one attached hydrogen (secondary N) is 2. The molecule has 37 heavy (non-hydrogen) atoms. The van der Waals surface area contributed by atoms with Crippen LogP contribution in [0.3, 0.4) is 0 Å². The quantitative estimate of drug-likeness (QED) is 0.138. The zero-order valence-corrected chi connectivity index (χ0v) is 20.4. The van der Waals surface area contributed by atoms with Gasteiger partial charge in [0.1, 0.15) is 6.61 Å². The molecule has 0 saturated carbocycles. The maximum Gasteiger partial charge on any atom is 0.329 e. The third kappa shape index (κ3) is 8.27. The molecule has 2 aromatic carbocycles. The number of aliphatic hydroxyl groups excluding tert-OH is 2. The average molecular weight is 522 g/mol. The maximum absolute atomic E-state index is 14.6. The van der Waals surface area contributed by atoms with E-state index in [0.717, 1.165) is 30.2 Å². The largest absolute Gasteiger partial charge is 0.387 e. The first-order chi connectivity index (χ1) is 17.7. The van der Waals surface area contributed by atoms with E-state index in [2.05, 4.69) is 10.6 Å². The summed E-state index contributed by atoms with van der Waals surface area (Å²) in [5.41, 5.74) is 0.800. The van der Waals surface area contributed by atoms with Gasteiger partial charge < -0.3 is 30.7 Å². The molecule has 202 valence electrons. The summed E-state index contributed by atoms with van der Waals surface area (Å²) in [5, 5.41) is 33.9. The van der Waals surface area contributed by atoms with Gasteiger partial charge in [0.25, 0.3) is 11.8 Å². The van der Waals surface area contributed by atoms with Gasteiger partial charge in [-0.2, -0.15) is 8.78 Å². The van der Waals surface area contributed by atoms with Gasteiger partial charge in [-0.25, -0.2) is 9.69 Å². The number of unbranched alkanes of at least 4 members (excludes halogenated alkanes) is 3. The van der Waals surface area contributed by atoms with Crippen molar-refractivity contribution in [2.75, 3.05) is 37.7 Å². The van der Waals surface area contributed by atoms with Crippen molar-refractivity contribution < 1.29 is 38.4 Å². The number of hydrogen-bond acceptors (Lipinski definition) is 7. The number of nitrogens with zero attached hydrogens (tertiary/aromatic N) is 1. The minimum absolute atomic E-state index is 0.0951. The lowest BCUT2D eigenvalue weighted by Crippen LogP contribution is -2.31. The van der Waals surface area contributed by atoms with E-state index in [4.69, 9.17) is 14.9 Å². The van der Waals surface area contributed by atoms with Crippen LogP contribution < -0.4 is 15.5 Å². The predicted octanol–water partition coefficient (Wildman–Crippen LogP) is 2.72. The van der Waals surface area contributed by atoms with Crippen molar-refractivity contribution in [2.24, 2.45) is 0 Å². The SMILES string of the molecule is O=C1CNC(=O)N1c1cccc(C(F)(F)COCCCCCCNCC(O)c2ccc(C(O)O)cc2)c1. The van der Waals surface area contributed by atoms with Crippen LogP contribution in [0.5, 0.6) is 0 Å². The Bertz CT molecular complexity index is 1020. The van der Waals surface area contributed by atoms with Crippen LogP contribution in [0.15, 0.2) is 48.5 Å². The highest BCUT2D eigenvalue weighted by Crippen LogP contribution is 2.31. The standard InChI is InChI=1S/C26H33F2N3O6/c27-26(28,20-6-5-7-21(14-20)31-23(33)16-30-25(31)36)17-37-13-4-2-1-3-12-29-15-22(32)18-8-10-19(11-9-18)24(34)35/h5-11,14,22,24,29,32,34-35H,1-4,12-13,15-17H2,(H,30,36). The van der Waals surface area contributed by atoms with E-state index in [0.29, 0.717) is 30.6 Å². The van der Waals surface area contributed by atoms with Gasteiger partial charge in [-0.3, -0.25) is 4.79 Å². The van der Waals surface area contributed by atoms with Crippen molar-refractivity contribution in [3.05, 3.63) is 65.2 Å². The van der Waals surface area contributed by atoms with E-state index >= 15 is 0 Å². The van der Waals surface area contributed by atoms with Crippen molar-refractivity contribution in [2.45, 2.75) is 44.0 Å². The molecule has 1 unspecified atom stereocenters. The molecule has 3 amide bonds. The summed E-state index contributed by atoms with van der Waals surface area (Å²) in [4.78, 5) is 24.4. The van der Waals surface area contributed by atoms with Gasteiger partial charge in [0.15, 0.2) is 6.29 Å². The number of hydrogen-bond donors (Lipinski definition) is 5. The van der Waals surface area contributed by atoms with Gasteiger partial charge in [-0.05, 0) is 37.1 Å². The Morgan fingerprint density at radius 2 is 1.70 bits per heavy atom. The van der Waals surface area contributed by atoms with Gasteiger partial charge in [0, 0.05) is 24.3 Å². The summed E-state index contributed by atoms with van der Waals surface area (Å²) in [5.74, 6) is -3.76. The Labute approximate surface area is 214 Å². The zero-order chi connectivity index (χ0) is 26.8. The van der Waals surface area contributed by atoms with Gasteiger partial charge in [0.05, 0.1) is 18.3 Å². The molecule has 1 aliphatic heterocycles. The number of aliphatic hydroxyl groups is 3. The lowest BCUT2D eigenvalue weighted by Gasteiger charge is -2.19. The second-order valence-electron chi connectivity index (χ2n) is 8.87. The van der Waals surface area contributed by atoms with Crippen LogP contribution in [0.25, 0.3) is 0 Å². The molecule has 1 saturated heterocycles. The lowest BCUT2D eigenvalue weighted by atomic mass is 10.1. The lowest BCUT2D eigenvalue weighted by molar-refractivity contribution is -0.115. The Kier molecular flexibility index (Phi) is 10.5. The Hall–Kier alpha value is -2.96. The number of imide groups is 1. The molecule has 3 rings (SSSR count). The second kappa shape index (κ2) is 13.5. The van der Waals surface area contributed by atoms with Crippen molar-refractivity contribution >= 4 is 17.6 Å². The number of rotatable bonds is 15. The molecule has 0 aromatic heterocycles. The molecule has 1 heterocycles. The number of benzene rings is 2. The van der Waals surface area contributed by atoms with Crippen LogP contribution >= 0.6 is 0 Å². The maximum atomic E-state index is 14.6. The molecule has 2 aromatic rings. The molecular formula is C26H33F2N3O6. The number of carbonyl (C=O) groups excluding carboxylic acids is 2. The highest BCUT2D eigenvalue weighted by molar-refractivity contribution is 6.19. The molecule has 11 heteroatoms. The fourth-order valence-corrected chi connectivity index (χ4v) is 3.89. The topological polar surface area (TPSA) is 131 Å². The van der Waals surface area contributed by atoms with E-state index < -0.39 is 36.9 Å². The number of anilines is 1. The van der Waals surface area contributed by atoms with Gasteiger partial charge >= 0.3 is 6.03 Å². The molecule has 1 fully saturated rings. The number of carbonyl (C=O) groups is 2. The number of alkyl halides is 2. The summed E-state index contributed by atoms with van der Waals surface area (Å²) in [6.07, 6.45) is 0.913. The van der Waals surface area contributed by atoms with Gasteiger partial charge in [-0.1, -0.05) is 49.2 Å². The molecule has 1 aliphatic rings. The van der Waals surface area contributed by atoms with E-state index in [1.165, 1.54) is 18.2 Å². The summed E-state index contributed by atoms with van der Waals surface area (Å²) in [6, 6.07) is 10.9. The van der Waals surface area contributed by atoms with E-state index in [9.17, 15) is 23.5 Å². The monoisotopic (exact) mass is 521 g/mol. The fraction of sp³-hybridized carbons (Fsp3) is 0.462. The first kappa shape index (κ1) is 28.6. The Morgan fingerprint density at radius 3 is 2.38 bits per heavy atom. The molecule has 0 bridgehead atoms. The Balaban J connectivity index is 1.27. The highest BCUT2D eigenvalue weighted by atomic mass is 19.3. The van der Waals surface area contributed by atoms with Gasteiger partial charge in [0.2, 0.25) is 0 Å². The summed E-state index contributed by atoms with van der Waals surface area (Å²) >= 11 is 0. The predicted molar refractivity (Wildman–Crippen MR) is 132 cm³/mol. The Morgan fingerprint density at radius 1 is 1.00 bits per heavy atom. The molecule has 5 N–H and O–H groups in total. The second-order valence-corrected chi connectivity index (χ2v) is 8.87. The first-order valence-electron chi connectivity index (χ1n) is 12.2. The normalized spacial score (nSPS) is 14.9. The van der Waals surface area contributed by atoms with Crippen LogP contribution in [0.2, 0.25) is 0 Å². The molecule has 1 atom stereocenters. The number of ether oxygens (including phenoxy) is 1. The van der Waals surface area contributed by atoms with Crippen molar-refractivity contribution in [1.29, 1.82) is 0 Å². The van der Waals surface area contributed by atoms with Crippen LogP contribution in [0.1, 0.15) is 54.8 Å². The average Bonchev–Trinajstić information content (AvgIpc) is 3.22. The highest BCUT2D eigenvalue weighted by Gasteiger charge is 2.35. The minimum atomic E-state index is -3.27. The van der Waals surface area contributed by atoms with E-state index in [1.807, 2.05) is 0 Å². The van der Waals surface area contributed by atoms with Crippen LogP contribution in [0.4, 0.5) is 19.3 Å². The van der Waals surface area contributed by atoms with E-state index in [1.54, 1.807) is 24.3 Å². The number of amides is 3. The number of halogens is 2. The molecular weight excluding hydrogens is 488 g/mol. The first-order valence-corrected chi connectivity index (χ1v) is 12.2. The fourth-order valence-electron chi connectivity index (χ4n) is 3.89. The van der Waals surface area contributed by atoms with Crippen LogP contribution in [0, 0.1) is 0 Å². The van der Waals surface area contributed by atoms with Crippen LogP contribution in [-0.2, 0) is 15.5 Å². The minimum Gasteiger partial charge on any atom is -0.387 e. The van der Waals surface area contributed by atoms with Gasteiger partial charge in [-0.15, -0.1) is 0 Å². The smallest absolute Gasteiger partial charge is 0.329 e. The summed E-state index contributed by atoms with van der Waals surface area (Å²) < 4.78 is 34.4. The molecule has 0 spiro atoms. The zero-order valence-electron chi connectivity index (χ0n) is 20.4. The summed E-state index contributed by atoms with van der Waals surface area (Å²) in [7, 11) is 0. The molecule has 0 aliphatic carbocycles. The third-order valence-corrected chi connectivity index (χ3v) is 6.00. The van der Waals surface area contributed by atoms with Crippen molar-refractivity contribution in [3.63, 3.8) is 0 Å².